The first-order valence-electron chi connectivity index (χ1n) is 8.01. The number of hydrogen-bond donors (Lipinski definition) is 0. The Morgan fingerprint density at radius 3 is 2.23 bits per heavy atom. The Kier molecular flexibility index (Phi) is 4.71. The number of amides is 2. The van der Waals surface area contributed by atoms with Gasteiger partial charge in [0, 0.05) is 6.42 Å². The molecule has 3 rings (SSSR count). The average molecular weight is 363 g/mol. The van der Waals surface area contributed by atoms with E-state index in [4.69, 9.17) is 0 Å². The fraction of sp³-hybridized carbons (Fsp3) is 0.263. The molecule has 1 heterocycles. The largest absolute Gasteiger partial charge is 0.573 e. The first kappa shape index (κ1) is 18.0. The summed E-state index contributed by atoms with van der Waals surface area (Å²) in [6, 6.07) is 12.4. The van der Waals surface area contributed by atoms with E-state index >= 15 is 0 Å². The zero-order valence-corrected chi connectivity index (χ0v) is 13.9. The predicted octanol–water partition coefficient (Wildman–Crippen LogP) is 4.02. The molecule has 7 heteroatoms. The highest BCUT2D eigenvalue weighted by molar-refractivity contribution is 6.21. The Labute approximate surface area is 148 Å². The summed E-state index contributed by atoms with van der Waals surface area (Å²) in [7, 11) is 0. The molecule has 1 saturated heterocycles. The number of anilines is 1. The molecule has 136 valence electrons. The molecule has 1 atom stereocenters. The lowest BCUT2D eigenvalue weighted by atomic mass is 9.97. The fourth-order valence-corrected chi connectivity index (χ4v) is 2.93. The van der Waals surface area contributed by atoms with E-state index in [0.717, 1.165) is 28.2 Å². The number of ether oxygens (including phenoxy) is 1. The van der Waals surface area contributed by atoms with Gasteiger partial charge in [-0.15, -0.1) is 13.2 Å². The van der Waals surface area contributed by atoms with Gasteiger partial charge in [0.25, 0.3) is 0 Å². The third-order valence-electron chi connectivity index (χ3n) is 4.17. The van der Waals surface area contributed by atoms with Crippen LogP contribution in [-0.2, 0) is 16.0 Å². The molecule has 2 aromatic carbocycles. The zero-order chi connectivity index (χ0) is 18.9. The maximum atomic E-state index is 12.6. The summed E-state index contributed by atoms with van der Waals surface area (Å²) >= 11 is 0. The minimum atomic E-state index is -4.79. The Hall–Kier alpha value is -2.83. The van der Waals surface area contributed by atoms with Gasteiger partial charge >= 0.3 is 6.36 Å². The second kappa shape index (κ2) is 6.82. The molecule has 0 aliphatic carbocycles. The number of imide groups is 1. The molecule has 0 bridgehead atoms. The first-order valence-corrected chi connectivity index (χ1v) is 8.01. The third-order valence-corrected chi connectivity index (χ3v) is 4.17. The van der Waals surface area contributed by atoms with Crippen LogP contribution in [0.2, 0.25) is 0 Å². The molecule has 1 aliphatic rings. The minimum absolute atomic E-state index is 0.0769. The van der Waals surface area contributed by atoms with Gasteiger partial charge in [0.1, 0.15) is 5.75 Å². The van der Waals surface area contributed by atoms with Crippen LogP contribution in [0.3, 0.4) is 0 Å². The highest BCUT2D eigenvalue weighted by Gasteiger charge is 2.39. The van der Waals surface area contributed by atoms with Gasteiger partial charge in [-0.2, -0.15) is 0 Å². The lowest BCUT2D eigenvalue weighted by molar-refractivity contribution is -0.274. The van der Waals surface area contributed by atoms with Gasteiger partial charge in [0.2, 0.25) is 11.8 Å². The fourth-order valence-electron chi connectivity index (χ4n) is 2.93. The molecule has 2 aromatic rings. The number of carbonyl (C=O) groups excluding carboxylic acids is 2. The molecular weight excluding hydrogens is 347 g/mol. The average Bonchev–Trinajstić information content (AvgIpc) is 2.83. The van der Waals surface area contributed by atoms with Gasteiger partial charge in [0.05, 0.1) is 11.6 Å². The van der Waals surface area contributed by atoms with Crippen LogP contribution < -0.4 is 9.64 Å². The van der Waals surface area contributed by atoms with Gasteiger partial charge in [-0.3, -0.25) is 14.5 Å². The van der Waals surface area contributed by atoms with Crippen LogP contribution in [0.15, 0.2) is 48.5 Å². The SMILES string of the molecule is Cc1ccc(C[C@H]2CC(=O)N(c3ccc(OC(F)(F)F)cc3)C2=O)cc1. The molecule has 0 spiro atoms. The predicted molar refractivity (Wildman–Crippen MR) is 88.6 cm³/mol. The van der Waals surface area contributed by atoms with Gasteiger partial charge in [-0.25, -0.2) is 0 Å². The Morgan fingerprint density at radius 2 is 1.65 bits per heavy atom. The van der Waals surface area contributed by atoms with Crippen LogP contribution in [0.1, 0.15) is 17.5 Å². The molecule has 1 fully saturated rings. The number of carbonyl (C=O) groups is 2. The van der Waals surface area contributed by atoms with Crippen molar-refractivity contribution < 1.29 is 27.5 Å². The van der Waals surface area contributed by atoms with Crippen LogP contribution in [0, 0.1) is 12.8 Å². The van der Waals surface area contributed by atoms with Crippen LogP contribution in [0.4, 0.5) is 18.9 Å². The van der Waals surface area contributed by atoms with Gasteiger partial charge in [-0.05, 0) is 43.2 Å². The number of hydrogen-bond acceptors (Lipinski definition) is 3. The number of alkyl halides is 3. The number of rotatable bonds is 4. The summed E-state index contributed by atoms with van der Waals surface area (Å²) in [5.41, 5.74) is 2.30. The van der Waals surface area contributed by atoms with Gasteiger partial charge in [0.15, 0.2) is 0 Å². The minimum Gasteiger partial charge on any atom is -0.406 e. The summed E-state index contributed by atoms with van der Waals surface area (Å²) in [5, 5.41) is 0. The van der Waals surface area contributed by atoms with Gasteiger partial charge < -0.3 is 4.74 Å². The molecule has 0 aromatic heterocycles. The van der Waals surface area contributed by atoms with E-state index in [2.05, 4.69) is 4.74 Å². The Bertz CT molecular complexity index is 813. The van der Waals surface area contributed by atoms with E-state index < -0.39 is 18.0 Å². The monoisotopic (exact) mass is 363 g/mol. The molecular formula is C19H16F3NO3. The van der Waals surface area contributed by atoms with Crippen LogP contribution in [0.25, 0.3) is 0 Å². The van der Waals surface area contributed by atoms with Crippen LogP contribution in [0.5, 0.6) is 5.75 Å². The summed E-state index contributed by atoms with van der Waals surface area (Å²) in [5.74, 6) is -1.59. The van der Waals surface area contributed by atoms with Crippen molar-refractivity contribution in [1.82, 2.24) is 0 Å². The second-order valence-corrected chi connectivity index (χ2v) is 6.20. The lowest BCUT2D eigenvalue weighted by Gasteiger charge is -2.16. The number of nitrogens with zero attached hydrogens (tertiary/aromatic N) is 1. The maximum absolute atomic E-state index is 12.6. The molecule has 2 amide bonds. The van der Waals surface area contributed by atoms with Crippen molar-refractivity contribution in [2.45, 2.75) is 26.1 Å². The number of halogens is 3. The van der Waals surface area contributed by atoms with E-state index in [-0.39, 0.29) is 23.9 Å². The zero-order valence-electron chi connectivity index (χ0n) is 13.9. The summed E-state index contributed by atoms with van der Waals surface area (Å²) < 4.78 is 40.4. The summed E-state index contributed by atoms with van der Waals surface area (Å²) in [4.78, 5) is 25.9. The Morgan fingerprint density at radius 1 is 1.04 bits per heavy atom. The Balaban J connectivity index is 1.73. The van der Waals surface area contributed by atoms with Crippen LogP contribution in [-0.4, -0.2) is 18.2 Å². The molecule has 0 radical (unpaired) electrons. The summed E-state index contributed by atoms with van der Waals surface area (Å²) in [6.45, 7) is 1.96. The maximum Gasteiger partial charge on any atom is 0.573 e. The van der Waals surface area contributed by atoms with Crippen molar-refractivity contribution in [3.05, 3.63) is 59.7 Å². The second-order valence-electron chi connectivity index (χ2n) is 6.20. The highest BCUT2D eigenvalue weighted by Crippen LogP contribution is 2.31. The topological polar surface area (TPSA) is 46.6 Å². The molecule has 0 saturated carbocycles. The van der Waals surface area contributed by atoms with E-state index in [9.17, 15) is 22.8 Å². The van der Waals surface area contributed by atoms with Crippen molar-refractivity contribution in [3.8, 4) is 5.75 Å². The van der Waals surface area contributed by atoms with Gasteiger partial charge in [-0.1, -0.05) is 29.8 Å². The van der Waals surface area contributed by atoms with Crippen molar-refractivity contribution in [1.29, 1.82) is 0 Å². The van der Waals surface area contributed by atoms with E-state index in [1.807, 2.05) is 31.2 Å². The molecule has 0 unspecified atom stereocenters. The van der Waals surface area contributed by atoms with E-state index in [1.165, 1.54) is 12.1 Å². The smallest absolute Gasteiger partial charge is 0.406 e. The molecule has 26 heavy (non-hydrogen) atoms. The number of benzene rings is 2. The molecule has 4 nitrogen and oxygen atoms in total. The summed E-state index contributed by atoms with van der Waals surface area (Å²) in [6.07, 6.45) is -4.27. The van der Waals surface area contributed by atoms with Crippen molar-refractivity contribution in [2.24, 2.45) is 5.92 Å². The standard InChI is InChI=1S/C19H16F3NO3/c1-12-2-4-13(5-3-12)10-14-11-17(24)23(18(14)25)15-6-8-16(9-7-15)26-19(20,21)22/h2-9,14H,10-11H2,1H3/t14-/m0/s1. The van der Waals surface area contributed by atoms with E-state index in [0.29, 0.717) is 6.42 Å². The highest BCUT2D eigenvalue weighted by atomic mass is 19.4. The molecule has 0 N–H and O–H groups in total. The number of aryl methyl sites for hydroxylation is 1. The first-order chi connectivity index (χ1) is 12.2. The van der Waals surface area contributed by atoms with E-state index in [1.54, 1.807) is 0 Å². The van der Waals surface area contributed by atoms with Crippen molar-refractivity contribution in [3.63, 3.8) is 0 Å². The van der Waals surface area contributed by atoms with Crippen molar-refractivity contribution >= 4 is 17.5 Å². The normalized spacial score (nSPS) is 17.7. The lowest BCUT2D eigenvalue weighted by Crippen LogP contribution is -2.30. The van der Waals surface area contributed by atoms with Crippen molar-refractivity contribution in [2.75, 3.05) is 4.90 Å². The molecule has 1 aliphatic heterocycles. The van der Waals surface area contributed by atoms with Crippen LogP contribution >= 0.6 is 0 Å². The third kappa shape index (κ3) is 4.04. The quantitative estimate of drug-likeness (QED) is 0.771.